The quantitative estimate of drug-likeness (QED) is 0.625. The van der Waals surface area contributed by atoms with Crippen molar-refractivity contribution in [3.05, 3.63) is 0 Å². The third-order valence-corrected chi connectivity index (χ3v) is 5.04. The standard InChI is InChI=1S/C15H22O4/c1-9(2)19-13(17)12(16)14-4-10-3-11(5-14)7-15(18,6-10)8-14/h9-11,18H,3-8H2,1-2H3. The Morgan fingerprint density at radius 3 is 2.21 bits per heavy atom. The van der Waals surface area contributed by atoms with E-state index in [2.05, 4.69) is 0 Å². The summed E-state index contributed by atoms with van der Waals surface area (Å²) in [5, 5.41) is 10.6. The molecule has 4 bridgehead atoms. The predicted octanol–water partition coefficient (Wildman–Crippen LogP) is 1.84. The molecule has 4 aliphatic rings. The van der Waals surface area contributed by atoms with Gasteiger partial charge in [-0.25, -0.2) is 4.79 Å². The van der Waals surface area contributed by atoms with Crippen molar-refractivity contribution in [2.75, 3.05) is 0 Å². The molecule has 2 atom stereocenters. The lowest BCUT2D eigenvalue weighted by Gasteiger charge is -2.59. The van der Waals surface area contributed by atoms with Crippen LogP contribution in [0.4, 0.5) is 0 Å². The number of carbonyl (C=O) groups is 2. The fourth-order valence-corrected chi connectivity index (χ4v) is 4.96. The number of hydrogen-bond donors (Lipinski definition) is 1. The molecule has 4 heteroatoms. The Bertz CT molecular complexity index is 412. The third kappa shape index (κ3) is 2.10. The molecule has 0 spiro atoms. The topological polar surface area (TPSA) is 63.6 Å². The zero-order chi connectivity index (χ0) is 13.8. The molecular formula is C15H22O4. The fourth-order valence-electron chi connectivity index (χ4n) is 4.96. The summed E-state index contributed by atoms with van der Waals surface area (Å²) < 4.78 is 5.06. The summed E-state index contributed by atoms with van der Waals surface area (Å²) in [6.07, 6.45) is 4.43. The first-order chi connectivity index (χ1) is 8.82. The highest BCUT2D eigenvalue weighted by atomic mass is 16.5. The zero-order valence-electron chi connectivity index (χ0n) is 11.6. The largest absolute Gasteiger partial charge is 0.457 e. The van der Waals surface area contributed by atoms with Crippen LogP contribution in [-0.2, 0) is 14.3 Å². The first kappa shape index (κ1) is 13.1. The summed E-state index contributed by atoms with van der Waals surface area (Å²) in [6.45, 7) is 3.50. The van der Waals surface area contributed by atoms with E-state index in [1.165, 1.54) is 0 Å². The molecule has 0 saturated heterocycles. The van der Waals surface area contributed by atoms with Crippen LogP contribution in [0, 0.1) is 17.3 Å². The maximum Gasteiger partial charge on any atom is 0.375 e. The van der Waals surface area contributed by atoms with Crippen LogP contribution in [0.3, 0.4) is 0 Å². The number of hydrogen-bond acceptors (Lipinski definition) is 4. The van der Waals surface area contributed by atoms with Crippen LogP contribution in [0.1, 0.15) is 52.4 Å². The van der Waals surface area contributed by atoms with Crippen molar-refractivity contribution in [3.63, 3.8) is 0 Å². The molecule has 0 radical (unpaired) electrons. The van der Waals surface area contributed by atoms with Crippen LogP contribution in [0.15, 0.2) is 0 Å². The lowest BCUT2D eigenvalue weighted by atomic mass is 9.47. The Morgan fingerprint density at radius 2 is 1.74 bits per heavy atom. The van der Waals surface area contributed by atoms with Gasteiger partial charge in [0, 0.05) is 5.41 Å². The summed E-state index contributed by atoms with van der Waals surface area (Å²) in [5.74, 6) is -0.293. The number of carbonyl (C=O) groups excluding carboxylic acids is 2. The van der Waals surface area contributed by atoms with Gasteiger partial charge in [0.15, 0.2) is 0 Å². The van der Waals surface area contributed by atoms with Crippen LogP contribution in [-0.4, -0.2) is 28.6 Å². The molecule has 4 fully saturated rings. The van der Waals surface area contributed by atoms with E-state index in [9.17, 15) is 14.7 Å². The average molecular weight is 266 g/mol. The Labute approximate surface area is 113 Å². The van der Waals surface area contributed by atoms with Gasteiger partial charge >= 0.3 is 5.97 Å². The minimum absolute atomic E-state index is 0.270. The molecule has 0 heterocycles. The number of esters is 1. The minimum atomic E-state index is -0.710. The molecule has 0 amide bonds. The molecule has 4 saturated carbocycles. The normalized spacial score (nSPS) is 43.6. The van der Waals surface area contributed by atoms with Gasteiger partial charge in [-0.05, 0) is 64.2 Å². The zero-order valence-corrected chi connectivity index (χ0v) is 11.6. The first-order valence-corrected chi connectivity index (χ1v) is 7.30. The summed E-state index contributed by atoms with van der Waals surface area (Å²) in [7, 11) is 0. The molecule has 4 nitrogen and oxygen atoms in total. The van der Waals surface area contributed by atoms with Gasteiger partial charge < -0.3 is 9.84 Å². The predicted molar refractivity (Wildman–Crippen MR) is 68.3 cm³/mol. The smallest absolute Gasteiger partial charge is 0.375 e. The van der Waals surface area contributed by atoms with Crippen LogP contribution in [0.2, 0.25) is 0 Å². The van der Waals surface area contributed by atoms with Crippen LogP contribution >= 0.6 is 0 Å². The molecule has 19 heavy (non-hydrogen) atoms. The van der Waals surface area contributed by atoms with E-state index in [1.807, 2.05) is 0 Å². The second-order valence-corrected chi connectivity index (χ2v) is 7.25. The average Bonchev–Trinajstić information content (AvgIpc) is 2.23. The Kier molecular flexibility index (Phi) is 2.79. The van der Waals surface area contributed by atoms with E-state index < -0.39 is 22.8 Å². The molecule has 0 aromatic carbocycles. The van der Waals surface area contributed by atoms with E-state index in [-0.39, 0.29) is 6.10 Å². The number of ether oxygens (including phenoxy) is 1. The highest BCUT2D eigenvalue weighted by Gasteiger charge is 2.61. The van der Waals surface area contributed by atoms with Crippen LogP contribution in [0.25, 0.3) is 0 Å². The van der Waals surface area contributed by atoms with Crippen molar-refractivity contribution in [3.8, 4) is 0 Å². The van der Waals surface area contributed by atoms with Crippen molar-refractivity contribution >= 4 is 11.8 Å². The highest BCUT2D eigenvalue weighted by Crippen LogP contribution is 2.61. The van der Waals surface area contributed by atoms with Gasteiger partial charge in [0.1, 0.15) is 0 Å². The second kappa shape index (κ2) is 4.05. The van der Waals surface area contributed by atoms with E-state index in [4.69, 9.17) is 4.74 Å². The van der Waals surface area contributed by atoms with Crippen molar-refractivity contribution in [2.24, 2.45) is 17.3 Å². The van der Waals surface area contributed by atoms with Gasteiger partial charge in [0.2, 0.25) is 5.78 Å². The van der Waals surface area contributed by atoms with Gasteiger partial charge in [0.05, 0.1) is 11.7 Å². The Balaban J connectivity index is 1.83. The summed E-state index contributed by atoms with van der Waals surface area (Å²) in [6, 6.07) is 0. The van der Waals surface area contributed by atoms with E-state index in [0.29, 0.717) is 18.3 Å². The van der Waals surface area contributed by atoms with Crippen molar-refractivity contribution < 1.29 is 19.4 Å². The van der Waals surface area contributed by atoms with E-state index in [0.717, 1.165) is 32.1 Å². The molecular weight excluding hydrogens is 244 g/mol. The molecule has 4 aliphatic carbocycles. The molecule has 0 aromatic heterocycles. The molecule has 0 aromatic rings. The minimum Gasteiger partial charge on any atom is -0.457 e. The van der Waals surface area contributed by atoms with Crippen molar-refractivity contribution in [2.45, 2.75) is 64.1 Å². The monoisotopic (exact) mass is 266 g/mol. The summed E-state index contributed by atoms with van der Waals surface area (Å²) in [4.78, 5) is 24.4. The number of aliphatic hydroxyl groups is 1. The highest BCUT2D eigenvalue weighted by molar-refractivity contribution is 6.35. The molecule has 2 unspecified atom stereocenters. The van der Waals surface area contributed by atoms with Crippen LogP contribution < -0.4 is 0 Å². The lowest BCUT2D eigenvalue weighted by molar-refractivity contribution is -0.185. The van der Waals surface area contributed by atoms with Crippen molar-refractivity contribution in [1.29, 1.82) is 0 Å². The van der Waals surface area contributed by atoms with Gasteiger partial charge in [-0.3, -0.25) is 4.79 Å². The first-order valence-electron chi connectivity index (χ1n) is 7.30. The summed E-state index contributed by atoms with van der Waals surface area (Å²) in [5.41, 5.74) is -1.34. The van der Waals surface area contributed by atoms with Gasteiger partial charge in [-0.2, -0.15) is 0 Å². The molecule has 0 aliphatic heterocycles. The van der Waals surface area contributed by atoms with Crippen LogP contribution in [0.5, 0.6) is 0 Å². The number of ketones is 1. The third-order valence-electron chi connectivity index (χ3n) is 5.04. The van der Waals surface area contributed by atoms with Gasteiger partial charge in [-0.1, -0.05) is 0 Å². The maximum atomic E-state index is 12.5. The fraction of sp³-hybridized carbons (Fsp3) is 0.867. The lowest BCUT2D eigenvalue weighted by Crippen LogP contribution is -2.59. The molecule has 4 rings (SSSR count). The maximum absolute atomic E-state index is 12.5. The van der Waals surface area contributed by atoms with Gasteiger partial charge in [-0.15, -0.1) is 0 Å². The van der Waals surface area contributed by atoms with E-state index in [1.54, 1.807) is 13.8 Å². The number of rotatable bonds is 3. The second-order valence-electron chi connectivity index (χ2n) is 7.25. The van der Waals surface area contributed by atoms with E-state index >= 15 is 0 Å². The number of Topliss-reactive ketones (excluding diaryl/α,β-unsaturated/α-hetero) is 1. The summed E-state index contributed by atoms with van der Waals surface area (Å²) >= 11 is 0. The molecule has 106 valence electrons. The Morgan fingerprint density at radius 1 is 1.16 bits per heavy atom. The Hall–Kier alpha value is -0.900. The molecule has 1 N–H and O–H groups in total. The van der Waals surface area contributed by atoms with Crippen molar-refractivity contribution in [1.82, 2.24) is 0 Å². The SMILES string of the molecule is CC(C)OC(=O)C(=O)C12CC3CC(CC(O)(C3)C1)C2. The van der Waals surface area contributed by atoms with Gasteiger partial charge in [0.25, 0.3) is 0 Å².